The molecule has 0 aliphatic rings. The number of halogens is 1. The summed E-state index contributed by atoms with van der Waals surface area (Å²) in [7, 11) is 0. The lowest BCUT2D eigenvalue weighted by atomic mass is 10.4. The monoisotopic (exact) mass is 251 g/mol. The molecule has 0 fully saturated rings. The summed E-state index contributed by atoms with van der Waals surface area (Å²) >= 11 is 3.18. The summed E-state index contributed by atoms with van der Waals surface area (Å²) in [5, 5.41) is 0. The molecular weight excluding hydrogens is 246 g/mol. The molecule has 2 aromatic heterocycles. The van der Waals surface area contributed by atoms with E-state index < -0.39 is 0 Å². The highest BCUT2D eigenvalue weighted by Crippen LogP contribution is 2.04. The van der Waals surface area contributed by atoms with Gasteiger partial charge in [-0.05, 0) is 22.0 Å². The van der Waals surface area contributed by atoms with Crippen molar-refractivity contribution in [2.45, 2.75) is 0 Å². The second-order valence-electron chi connectivity index (χ2n) is 2.61. The predicted molar refractivity (Wildman–Crippen MR) is 55.3 cm³/mol. The maximum Gasteiger partial charge on any atom is 0.256 e. The molecule has 0 atom stereocenters. The average molecular weight is 252 g/mol. The molecule has 0 aliphatic carbocycles. The van der Waals surface area contributed by atoms with E-state index in [1.165, 1.54) is 16.8 Å². The molecule has 5 heteroatoms. The van der Waals surface area contributed by atoms with E-state index in [0.29, 0.717) is 10.4 Å². The van der Waals surface area contributed by atoms with Gasteiger partial charge in [-0.15, -0.1) is 0 Å². The van der Waals surface area contributed by atoms with Crippen LogP contribution in [0.25, 0.3) is 5.82 Å². The highest BCUT2D eigenvalue weighted by Gasteiger charge is 1.99. The molecule has 0 N–H and O–H groups in total. The van der Waals surface area contributed by atoms with Gasteiger partial charge < -0.3 is 0 Å². The van der Waals surface area contributed by atoms with Gasteiger partial charge in [-0.3, -0.25) is 9.36 Å². The molecule has 0 radical (unpaired) electrons. The van der Waals surface area contributed by atoms with E-state index in [9.17, 15) is 4.79 Å². The quantitative estimate of drug-likeness (QED) is 0.770. The van der Waals surface area contributed by atoms with Gasteiger partial charge in [0.05, 0.1) is 12.4 Å². The van der Waals surface area contributed by atoms with Crippen molar-refractivity contribution >= 4 is 15.9 Å². The zero-order chi connectivity index (χ0) is 9.97. The molecule has 2 aromatic rings. The maximum atomic E-state index is 11.4. The largest absolute Gasteiger partial charge is 0.269 e. The van der Waals surface area contributed by atoms with Crippen LogP contribution in [0.15, 0.2) is 46.2 Å². The molecule has 0 spiro atoms. The Bertz CT molecular complexity index is 492. The first-order valence-corrected chi connectivity index (χ1v) is 4.72. The molecule has 0 saturated heterocycles. The Hall–Kier alpha value is -1.49. The van der Waals surface area contributed by atoms with Crippen molar-refractivity contribution in [1.82, 2.24) is 14.5 Å². The Labute approximate surface area is 88.4 Å². The second-order valence-corrected chi connectivity index (χ2v) is 3.42. The summed E-state index contributed by atoms with van der Waals surface area (Å²) in [5.41, 5.74) is -0.121. The number of rotatable bonds is 1. The summed E-state index contributed by atoms with van der Waals surface area (Å²) in [6, 6.07) is 4.93. The normalized spacial score (nSPS) is 10.1. The van der Waals surface area contributed by atoms with Gasteiger partial charge in [-0.1, -0.05) is 6.07 Å². The Kier molecular flexibility index (Phi) is 2.41. The van der Waals surface area contributed by atoms with Gasteiger partial charge in [0.1, 0.15) is 4.60 Å². The number of hydrogen-bond acceptors (Lipinski definition) is 3. The molecule has 0 saturated carbocycles. The maximum absolute atomic E-state index is 11.4. The zero-order valence-corrected chi connectivity index (χ0v) is 8.68. The molecule has 70 valence electrons. The van der Waals surface area contributed by atoms with Crippen molar-refractivity contribution in [3.63, 3.8) is 0 Å². The Balaban J connectivity index is 2.56. The van der Waals surface area contributed by atoms with Crippen LogP contribution in [0.4, 0.5) is 0 Å². The third-order valence-corrected chi connectivity index (χ3v) is 2.09. The molecule has 0 aromatic carbocycles. The molecule has 0 unspecified atom stereocenters. The Morgan fingerprint density at radius 1 is 1.21 bits per heavy atom. The van der Waals surface area contributed by atoms with Crippen molar-refractivity contribution in [2.75, 3.05) is 0 Å². The third-order valence-electron chi connectivity index (χ3n) is 1.68. The molecule has 4 nitrogen and oxygen atoms in total. The third kappa shape index (κ3) is 1.72. The second kappa shape index (κ2) is 3.71. The number of pyridine rings is 1. The lowest BCUT2D eigenvalue weighted by Crippen LogP contribution is -2.16. The van der Waals surface area contributed by atoms with E-state index in [4.69, 9.17) is 0 Å². The predicted octanol–water partition coefficient (Wildman–Crippen LogP) is 1.39. The van der Waals surface area contributed by atoms with Crippen LogP contribution in [0, 0.1) is 0 Å². The molecule has 2 heterocycles. The van der Waals surface area contributed by atoms with Crippen LogP contribution in [0.5, 0.6) is 0 Å². The SMILES string of the molecule is O=c1ccccn1-c1cnc(Br)cn1. The molecular formula is C9H6BrN3O. The van der Waals surface area contributed by atoms with Gasteiger partial charge in [0, 0.05) is 12.3 Å². The smallest absolute Gasteiger partial charge is 0.256 e. The van der Waals surface area contributed by atoms with Crippen LogP contribution in [0.1, 0.15) is 0 Å². The number of nitrogens with zero attached hydrogens (tertiary/aromatic N) is 3. The van der Waals surface area contributed by atoms with Crippen molar-refractivity contribution in [2.24, 2.45) is 0 Å². The minimum atomic E-state index is -0.121. The van der Waals surface area contributed by atoms with Gasteiger partial charge in [-0.2, -0.15) is 0 Å². The van der Waals surface area contributed by atoms with Crippen molar-refractivity contribution < 1.29 is 0 Å². The average Bonchev–Trinajstić information content (AvgIpc) is 2.20. The fraction of sp³-hybridized carbons (Fsp3) is 0. The first-order chi connectivity index (χ1) is 6.77. The van der Waals surface area contributed by atoms with E-state index in [-0.39, 0.29) is 5.56 Å². The van der Waals surface area contributed by atoms with E-state index in [0.717, 1.165) is 0 Å². The molecule has 2 rings (SSSR count). The van der Waals surface area contributed by atoms with Crippen molar-refractivity contribution in [3.8, 4) is 5.82 Å². The van der Waals surface area contributed by atoms with Gasteiger partial charge >= 0.3 is 0 Å². The summed E-state index contributed by atoms with van der Waals surface area (Å²) in [6.45, 7) is 0. The van der Waals surface area contributed by atoms with Crippen LogP contribution in [0.2, 0.25) is 0 Å². The summed E-state index contributed by atoms with van der Waals surface area (Å²) in [6.07, 6.45) is 4.74. The van der Waals surface area contributed by atoms with Crippen molar-refractivity contribution in [1.29, 1.82) is 0 Å². The molecule has 0 bridgehead atoms. The van der Waals surface area contributed by atoms with Crippen molar-refractivity contribution in [3.05, 3.63) is 51.7 Å². The summed E-state index contributed by atoms with van der Waals surface area (Å²) < 4.78 is 2.07. The molecule has 0 amide bonds. The number of aromatic nitrogens is 3. The lowest BCUT2D eigenvalue weighted by molar-refractivity contribution is 0.920. The highest BCUT2D eigenvalue weighted by atomic mass is 79.9. The minimum absolute atomic E-state index is 0.121. The molecule has 14 heavy (non-hydrogen) atoms. The Morgan fingerprint density at radius 3 is 2.71 bits per heavy atom. The lowest BCUT2D eigenvalue weighted by Gasteiger charge is -2.01. The van der Waals surface area contributed by atoms with Crippen LogP contribution in [-0.2, 0) is 0 Å². The standard InChI is InChI=1S/C9H6BrN3O/c10-7-5-12-8(6-11-7)13-4-2-1-3-9(13)14/h1-6H. The van der Waals surface area contributed by atoms with Crippen LogP contribution < -0.4 is 5.56 Å². The van der Waals surface area contributed by atoms with E-state index in [1.54, 1.807) is 24.5 Å². The zero-order valence-electron chi connectivity index (χ0n) is 7.09. The molecule has 0 aliphatic heterocycles. The Morgan fingerprint density at radius 2 is 2.07 bits per heavy atom. The van der Waals surface area contributed by atoms with Crippen LogP contribution in [0.3, 0.4) is 0 Å². The minimum Gasteiger partial charge on any atom is -0.269 e. The fourth-order valence-corrected chi connectivity index (χ4v) is 1.25. The first kappa shape index (κ1) is 9.08. The highest BCUT2D eigenvalue weighted by molar-refractivity contribution is 9.10. The topological polar surface area (TPSA) is 47.8 Å². The van der Waals surface area contributed by atoms with E-state index >= 15 is 0 Å². The number of hydrogen-bond donors (Lipinski definition) is 0. The van der Waals surface area contributed by atoms with Gasteiger partial charge in [0.25, 0.3) is 5.56 Å². The van der Waals surface area contributed by atoms with Crippen LogP contribution >= 0.6 is 15.9 Å². The first-order valence-electron chi connectivity index (χ1n) is 3.93. The summed E-state index contributed by atoms with van der Waals surface area (Å²) in [5.74, 6) is 0.513. The van der Waals surface area contributed by atoms with Crippen LogP contribution in [-0.4, -0.2) is 14.5 Å². The van der Waals surface area contributed by atoms with Gasteiger partial charge in [0.15, 0.2) is 5.82 Å². The van der Waals surface area contributed by atoms with E-state index in [1.807, 2.05) is 0 Å². The fourth-order valence-electron chi connectivity index (χ4n) is 1.05. The van der Waals surface area contributed by atoms with E-state index in [2.05, 4.69) is 25.9 Å². The van der Waals surface area contributed by atoms with Gasteiger partial charge in [-0.25, -0.2) is 9.97 Å². The summed E-state index contributed by atoms with van der Waals surface area (Å²) in [4.78, 5) is 19.4. The van der Waals surface area contributed by atoms with Gasteiger partial charge in [0.2, 0.25) is 0 Å².